The van der Waals surface area contributed by atoms with Crippen LogP contribution in [0.2, 0.25) is 0 Å². The van der Waals surface area contributed by atoms with Crippen LogP contribution in [0.15, 0.2) is 22.0 Å². The maximum atomic E-state index is 10.6. The second-order valence-corrected chi connectivity index (χ2v) is 2.83. The first-order valence-corrected chi connectivity index (χ1v) is 3.41. The van der Waals surface area contributed by atoms with E-state index in [1.54, 1.807) is 6.08 Å². The first-order valence-electron chi connectivity index (χ1n) is 2.52. The highest BCUT2D eigenvalue weighted by Gasteiger charge is 2.06. The number of carbonyl (C=O) groups is 1. The van der Waals surface area contributed by atoms with Crippen molar-refractivity contribution in [2.24, 2.45) is 0 Å². The van der Waals surface area contributed by atoms with Crippen molar-refractivity contribution in [1.29, 1.82) is 0 Å². The Bertz CT molecular complexity index is 203. The lowest BCUT2D eigenvalue weighted by atomic mass is 10.2. The Morgan fingerprint density at radius 3 is 2.44 bits per heavy atom. The second kappa shape index (κ2) is 2.62. The third kappa shape index (κ3) is 1.63. The van der Waals surface area contributed by atoms with Gasteiger partial charge in [0.1, 0.15) is 0 Å². The minimum atomic E-state index is 0.0952. The van der Waals surface area contributed by atoms with Crippen molar-refractivity contribution >= 4 is 31.0 Å². The zero-order valence-corrected chi connectivity index (χ0v) is 6.45. The zero-order valence-electron chi connectivity index (χ0n) is 4.66. The van der Waals surface area contributed by atoms with Gasteiger partial charge in [0.15, 0.2) is 5.78 Å². The van der Waals surface area contributed by atoms with Gasteiger partial charge in [0.2, 0.25) is 0 Å². The fraction of sp³-hybridized carbons (Fsp3) is 0.167. The molecule has 0 aromatic rings. The Kier molecular flexibility index (Phi) is 2.03. The summed E-state index contributed by atoms with van der Waals surface area (Å²) in [5.74, 6) is 0.0952. The van der Waals surface area contributed by atoms with Crippen LogP contribution >= 0.6 is 25.3 Å². The number of rotatable bonds is 0. The molecule has 0 aliphatic heterocycles. The molecular weight excluding hydrogens is 152 g/mol. The summed E-state index contributed by atoms with van der Waals surface area (Å²) in [4.78, 5) is 12.2. The minimum absolute atomic E-state index is 0.0952. The summed E-state index contributed by atoms with van der Waals surface area (Å²) in [6.07, 6.45) is 3.58. The van der Waals surface area contributed by atoms with Crippen LogP contribution in [0.4, 0.5) is 0 Å². The van der Waals surface area contributed by atoms with Gasteiger partial charge in [0.25, 0.3) is 0 Å². The van der Waals surface area contributed by atoms with Crippen LogP contribution in [0.5, 0.6) is 0 Å². The van der Waals surface area contributed by atoms with Crippen molar-refractivity contribution in [1.82, 2.24) is 0 Å². The van der Waals surface area contributed by atoms with Crippen molar-refractivity contribution in [3.63, 3.8) is 0 Å². The van der Waals surface area contributed by atoms with Crippen molar-refractivity contribution in [2.45, 2.75) is 6.42 Å². The summed E-state index contributed by atoms with van der Waals surface area (Å²) in [7, 11) is 0. The number of hydrogen-bond donors (Lipinski definition) is 2. The Balaban J connectivity index is 2.87. The lowest BCUT2D eigenvalue weighted by Gasteiger charge is -2.03. The summed E-state index contributed by atoms with van der Waals surface area (Å²) in [5, 5.41) is 0. The summed E-state index contributed by atoms with van der Waals surface area (Å²) in [5.41, 5.74) is 0. The molecule has 0 aromatic heterocycles. The predicted octanol–water partition coefficient (Wildman–Crippen LogP) is 1.59. The maximum Gasteiger partial charge on any atom is 0.160 e. The molecule has 1 aliphatic rings. The van der Waals surface area contributed by atoms with Crippen molar-refractivity contribution in [3.8, 4) is 0 Å². The van der Waals surface area contributed by atoms with E-state index in [2.05, 4.69) is 25.3 Å². The standard InChI is InChI=1S/C6H6OS2/c7-4-1-2-5(8)6(9)3-4/h1-2,8-9H,3H2. The molecular formula is C6H6OS2. The van der Waals surface area contributed by atoms with Crippen LogP contribution in [0.3, 0.4) is 0 Å². The highest BCUT2D eigenvalue weighted by Crippen LogP contribution is 2.21. The van der Waals surface area contributed by atoms with E-state index in [0.29, 0.717) is 6.42 Å². The quantitative estimate of drug-likeness (QED) is 0.512. The minimum Gasteiger partial charge on any atom is -0.294 e. The average Bonchev–Trinajstić information content (AvgIpc) is 1.80. The normalized spacial score (nSPS) is 19.1. The van der Waals surface area contributed by atoms with E-state index in [0.717, 1.165) is 9.81 Å². The molecule has 1 nitrogen and oxygen atoms in total. The van der Waals surface area contributed by atoms with E-state index >= 15 is 0 Å². The first-order chi connectivity index (χ1) is 4.20. The van der Waals surface area contributed by atoms with E-state index in [-0.39, 0.29) is 5.78 Å². The van der Waals surface area contributed by atoms with E-state index < -0.39 is 0 Å². The molecule has 0 radical (unpaired) electrons. The Morgan fingerprint density at radius 2 is 2.00 bits per heavy atom. The second-order valence-electron chi connectivity index (χ2n) is 1.81. The number of allylic oxidation sites excluding steroid dienone is 3. The lowest BCUT2D eigenvalue weighted by molar-refractivity contribution is -0.113. The van der Waals surface area contributed by atoms with Crippen molar-refractivity contribution in [3.05, 3.63) is 22.0 Å². The van der Waals surface area contributed by atoms with Crippen LogP contribution in [0.25, 0.3) is 0 Å². The van der Waals surface area contributed by atoms with Gasteiger partial charge in [-0.2, -0.15) is 0 Å². The summed E-state index contributed by atoms with van der Waals surface area (Å²) in [6, 6.07) is 0. The molecule has 48 valence electrons. The van der Waals surface area contributed by atoms with E-state index in [1.165, 1.54) is 6.08 Å². The van der Waals surface area contributed by atoms with E-state index in [9.17, 15) is 4.79 Å². The van der Waals surface area contributed by atoms with Crippen LogP contribution in [-0.2, 0) is 4.79 Å². The van der Waals surface area contributed by atoms with Gasteiger partial charge in [-0.1, -0.05) is 0 Å². The molecule has 0 aromatic carbocycles. The molecule has 0 bridgehead atoms. The van der Waals surface area contributed by atoms with Gasteiger partial charge in [-0.05, 0) is 12.2 Å². The van der Waals surface area contributed by atoms with Crippen LogP contribution in [-0.4, -0.2) is 5.78 Å². The third-order valence-corrected chi connectivity index (χ3v) is 2.06. The molecule has 1 aliphatic carbocycles. The molecule has 0 N–H and O–H groups in total. The molecule has 0 fully saturated rings. The SMILES string of the molecule is O=C1C=CC(S)=C(S)C1. The van der Waals surface area contributed by atoms with E-state index in [4.69, 9.17) is 0 Å². The summed E-state index contributed by atoms with van der Waals surface area (Å²) < 4.78 is 0. The highest BCUT2D eigenvalue weighted by molar-refractivity contribution is 7.88. The molecule has 0 heterocycles. The van der Waals surface area contributed by atoms with Gasteiger partial charge < -0.3 is 0 Å². The summed E-state index contributed by atoms with van der Waals surface area (Å²) in [6.45, 7) is 0. The fourth-order valence-corrected chi connectivity index (χ4v) is 0.967. The van der Waals surface area contributed by atoms with Crippen LogP contribution < -0.4 is 0 Å². The molecule has 0 unspecified atom stereocenters. The molecule has 0 amide bonds. The summed E-state index contributed by atoms with van der Waals surface area (Å²) >= 11 is 8.11. The van der Waals surface area contributed by atoms with Gasteiger partial charge in [-0.15, -0.1) is 25.3 Å². The Labute approximate surface area is 64.7 Å². The number of ketones is 1. The largest absolute Gasteiger partial charge is 0.294 e. The monoisotopic (exact) mass is 158 g/mol. The Morgan fingerprint density at radius 1 is 1.33 bits per heavy atom. The van der Waals surface area contributed by atoms with Gasteiger partial charge in [-0.3, -0.25) is 4.79 Å². The molecule has 0 saturated heterocycles. The first kappa shape index (κ1) is 6.96. The molecule has 0 saturated carbocycles. The van der Waals surface area contributed by atoms with Gasteiger partial charge in [-0.25, -0.2) is 0 Å². The average molecular weight is 158 g/mol. The van der Waals surface area contributed by atoms with Gasteiger partial charge in [0.05, 0.1) is 0 Å². The van der Waals surface area contributed by atoms with Crippen molar-refractivity contribution in [2.75, 3.05) is 0 Å². The fourth-order valence-electron chi connectivity index (χ4n) is 0.583. The number of hydrogen-bond acceptors (Lipinski definition) is 3. The maximum absolute atomic E-state index is 10.6. The lowest BCUT2D eigenvalue weighted by Crippen LogP contribution is -1.97. The number of carbonyl (C=O) groups excluding carboxylic acids is 1. The molecule has 0 atom stereocenters. The van der Waals surface area contributed by atoms with Crippen molar-refractivity contribution < 1.29 is 4.79 Å². The zero-order chi connectivity index (χ0) is 6.85. The predicted molar refractivity (Wildman–Crippen MR) is 43.8 cm³/mol. The third-order valence-electron chi connectivity index (χ3n) is 1.06. The molecule has 1 rings (SSSR count). The molecule has 3 heteroatoms. The Hall–Kier alpha value is -0.150. The molecule has 9 heavy (non-hydrogen) atoms. The topological polar surface area (TPSA) is 17.1 Å². The number of thiol groups is 2. The smallest absolute Gasteiger partial charge is 0.160 e. The highest BCUT2D eigenvalue weighted by atomic mass is 32.1. The van der Waals surface area contributed by atoms with Crippen LogP contribution in [0, 0.1) is 0 Å². The van der Waals surface area contributed by atoms with E-state index in [1.807, 2.05) is 0 Å². The molecule has 0 spiro atoms. The van der Waals surface area contributed by atoms with Gasteiger partial charge >= 0.3 is 0 Å². The van der Waals surface area contributed by atoms with Gasteiger partial charge in [0, 0.05) is 16.2 Å². The van der Waals surface area contributed by atoms with Crippen LogP contribution in [0.1, 0.15) is 6.42 Å².